The zero-order chi connectivity index (χ0) is 27.2. The van der Waals surface area contributed by atoms with Crippen molar-refractivity contribution in [3.63, 3.8) is 0 Å². The van der Waals surface area contributed by atoms with Gasteiger partial charge >= 0.3 is 5.97 Å². The maximum Gasteiger partial charge on any atom is 0.335 e. The third-order valence-corrected chi connectivity index (χ3v) is 6.63. The number of rotatable bonds is 10. The number of non-ortho nitro benzene ring substituents is 1. The molecule has 3 aromatic carbocycles. The highest BCUT2D eigenvalue weighted by Gasteiger charge is 2.15. The van der Waals surface area contributed by atoms with Crippen LogP contribution in [0.1, 0.15) is 38.1 Å². The number of carboxylic acid groups (broad SMARTS) is 1. The average molecular weight is 554 g/mol. The largest absolute Gasteiger partial charge is 0.490 e. The van der Waals surface area contributed by atoms with Crippen LogP contribution in [-0.2, 0) is 6.61 Å². The molecular weight excluding hydrogens is 534 g/mol. The topological polar surface area (TPSA) is 140 Å². The molecule has 0 radical (unpaired) electrons. The second-order valence-electron chi connectivity index (χ2n) is 7.84. The molecule has 0 bridgehead atoms. The Morgan fingerprint density at radius 2 is 1.89 bits per heavy atom. The molecular formula is C26H20ClN3O7S. The van der Waals surface area contributed by atoms with E-state index in [-0.39, 0.29) is 22.9 Å². The first-order valence-electron chi connectivity index (χ1n) is 11.2. The van der Waals surface area contributed by atoms with E-state index in [1.807, 2.05) is 6.92 Å². The third-order valence-electron chi connectivity index (χ3n) is 5.23. The number of hydrazone groups is 1. The molecule has 4 aromatic rings. The number of hydrogen-bond donors (Lipinski definition) is 2. The molecule has 0 atom stereocenters. The highest BCUT2D eigenvalue weighted by molar-refractivity contribution is 7.20. The number of hydrogen-bond acceptors (Lipinski definition) is 8. The zero-order valence-electron chi connectivity index (χ0n) is 19.8. The lowest BCUT2D eigenvalue weighted by Gasteiger charge is -2.14. The lowest BCUT2D eigenvalue weighted by atomic mass is 10.1. The molecule has 0 spiro atoms. The number of nitro groups is 1. The molecule has 1 aromatic heterocycles. The summed E-state index contributed by atoms with van der Waals surface area (Å²) >= 11 is 7.64. The van der Waals surface area contributed by atoms with Gasteiger partial charge in [0.05, 0.1) is 33.2 Å². The standard InChI is InChI=1S/C26H20ClN3O7S/c1-2-36-21-10-16(9-20(27)24(21)37-14-15-3-5-17(6-4-15)26(32)33)13-28-29-25(31)23-12-18-11-19(30(34)35)7-8-22(18)38-23/h3-13H,2,14H2,1H3,(H,29,31)(H,32,33)/b28-13-. The number of fused-ring (bicyclic) bond motifs is 1. The van der Waals surface area contributed by atoms with Crippen LogP contribution >= 0.6 is 22.9 Å². The fraction of sp³-hybridized carbons (Fsp3) is 0.115. The van der Waals surface area contributed by atoms with Gasteiger partial charge in [-0.3, -0.25) is 14.9 Å². The van der Waals surface area contributed by atoms with Crippen LogP contribution in [0.2, 0.25) is 5.02 Å². The Bertz CT molecular complexity index is 1550. The Morgan fingerprint density at radius 1 is 1.13 bits per heavy atom. The first-order valence-corrected chi connectivity index (χ1v) is 12.4. The van der Waals surface area contributed by atoms with Gasteiger partial charge in [-0.05, 0) is 54.4 Å². The molecule has 12 heteroatoms. The highest BCUT2D eigenvalue weighted by atomic mass is 35.5. The van der Waals surface area contributed by atoms with Gasteiger partial charge in [0.15, 0.2) is 11.5 Å². The third kappa shape index (κ3) is 6.25. The number of nitrogens with one attached hydrogen (secondary N) is 1. The number of nitro benzene ring substituents is 1. The minimum Gasteiger partial charge on any atom is -0.490 e. The predicted octanol–water partition coefficient (Wildman–Crippen LogP) is 5.90. The summed E-state index contributed by atoms with van der Waals surface area (Å²) in [7, 11) is 0. The lowest BCUT2D eigenvalue weighted by molar-refractivity contribution is -0.384. The fourth-order valence-corrected chi connectivity index (χ4v) is 4.65. The van der Waals surface area contributed by atoms with E-state index in [0.29, 0.717) is 33.9 Å². The number of benzene rings is 3. The van der Waals surface area contributed by atoms with Crippen LogP contribution in [0.4, 0.5) is 5.69 Å². The van der Waals surface area contributed by atoms with E-state index >= 15 is 0 Å². The van der Waals surface area contributed by atoms with Gasteiger partial charge < -0.3 is 14.6 Å². The summed E-state index contributed by atoms with van der Waals surface area (Å²) in [6.45, 7) is 2.30. The second kappa shape index (κ2) is 11.7. The minimum atomic E-state index is -1.01. The first kappa shape index (κ1) is 26.6. The minimum absolute atomic E-state index is 0.0502. The van der Waals surface area contributed by atoms with E-state index in [1.165, 1.54) is 41.8 Å². The van der Waals surface area contributed by atoms with Crippen LogP contribution in [0.15, 0.2) is 65.8 Å². The van der Waals surface area contributed by atoms with Crippen molar-refractivity contribution in [3.05, 3.63) is 97.4 Å². The van der Waals surface area contributed by atoms with Gasteiger partial charge in [0, 0.05) is 22.2 Å². The van der Waals surface area contributed by atoms with Crippen molar-refractivity contribution in [2.24, 2.45) is 5.10 Å². The molecule has 0 saturated carbocycles. The molecule has 10 nitrogen and oxygen atoms in total. The molecule has 0 saturated heterocycles. The Kier molecular flexibility index (Phi) is 8.19. The van der Waals surface area contributed by atoms with Crippen molar-refractivity contribution in [2.75, 3.05) is 6.61 Å². The van der Waals surface area contributed by atoms with E-state index in [4.69, 9.17) is 26.2 Å². The Hall–Kier alpha value is -4.48. The van der Waals surface area contributed by atoms with Gasteiger partial charge in [0.25, 0.3) is 11.6 Å². The zero-order valence-corrected chi connectivity index (χ0v) is 21.4. The van der Waals surface area contributed by atoms with Crippen molar-refractivity contribution in [3.8, 4) is 11.5 Å². The smallest absolute Gasteiger partial charge is 0.335 e. The van der Waals surface area contributed by atoms with Crippen LogP contribution in [0.5, 0.6) is 11.5 Å². The van der Waals surface area contributed by atoms with Crippen molar-refractivity contribution in [1.82, 2.24) is 5.43 Å². The van der Waals surface area contributed by atoms with Crippen LogP contribution in [-0.4, -0.2) is 34.7 Å². The average Bonchev–Trinajstić information content (AvgIpc) is 3.32. The van der Waals surface area contributed by atoms with Gasteiger partial charge in [-0.15, -0.1) is 11.3 Å². The second-order valence-corrected chi connectivity index (χ2v) is 9.33. The van der Waals surface area contributed by atoms with Crippen molar-refractivity contribution < 1.29 is 29.1 Å². The van der Waals surface area contributed by atoms with Gasteiger partial charge in [-0.25, -0.2) is 10.2 Å². The van der Waals surface area contributed by atoms with Gasteiger partial charge in [-0.1, -0.05) is 23.7 Å². The van der Waals surface area contributed by atoms with Gasteiger partial charge in [0.2, 0.25) is 0 Å². The van der Waals surface area contributed by atoms with Crippen LogP contribution in [0.25, 0.3) is 10.1 Å². The Balaban J connectivity index is 1.45. The number of ether oxygens (including phenoxy) is 2. The highest BCUT2D eigenvalue weighted by Crippen LogP contribution is 2.37. The maximum atomic E-state index is 12.5. The number of amides is 1. The van der Waals surface area contributed by atoms with Crippen LogP contribution in [0, 0.1) is 10.1 Å². The molecule has 4 rings (SSSR count). The summed E-state index contributed by atoms with van der Waals surface area (Å²) in [4.78, 5) is 34.4. The quantitative estimate of drug-likeness (QED) is 0.141. The van der Waals surface area contributed by atoms with E-state index in [0.717, 1.165) is 10.3 Å². The maximum absolute atomic E-state index is 12.5. The van der Waals surface area contributed by atoms with Crippen LogP contribution in [0.3, 0.4) is 0 Å². The number of carbonyl (C=O) groups is 2. The Morgan fingerprint density at radius 3 is 2.58 bits per heavy atom. The summed E-state index contributed by atoms with van der Waals surface area (Å²) in [5.74, 6) is -0.782. The fourth-order valence-electron chi connectivity index (χ4n) is 3.44. The number of carbonyl (C=O) groups excluding carboxylic acids is 1. The predicted molar refractivity (Wildman–Crippen MR) is 144 cm³/mol. The number of halogens is 1. The molecule has 0 aliphatic rings. The summed E-state index contributed by atoms with van der Waals surface area (Å²) in [5.41, 5.74) is 3.86. The summed E-state index contributed by atoms with van der Waals surface area (Å²) in [6, 6.07) is 15.5. The number of nitrogens with zero attached hydrogens (tertiary/aromatic N) is 2. The molecule has 0 fully saturated rings. The van der Waals surface area contributed by atoms with E-state index in [1.54, 1.807) is 36.4 Å². The van der Waals surface area contributed by atoms with Crippen molar-refractivity contribution in [2.45, 2.75) is 13.5 Å². The molecule has 0 aliphatic carbocycles. The van der Waals surface area contributed by atoms with E-state index in [2.05, 4.69) is 10.5 Å². The summed E-state index contributed by atoms with van der Waals surface area (Å²) in [6.07, 6.45) is 1.40. The van der Waals surface area contributed by atoms with E-state index in [9.17, 15) is 19.7 Å². The molecule has 2 N–H and O–H groups in total. The molecule has 0 aliphatic heterocycles. The number of carboxylic acids is 1. The normalized spacial score (nSPS) is 11.0. The first-order chi connectivity index (χ1) is 18.2. The molecule has 1 heterocycles. The molecule has 1 amide bonds. The lowest BCUT2D eigenvalue weighted by Crippen LogP contribution is -2.16. The number of aromatic carboxylic acids is 1. The van der Waals surface area contributed by atoms with Crippen LogP contribution < -0.4 is 14.9 Å². The van der Waals surface area contributed by atoms with E-state index < -0.39 is 16.8 Å². The van der Waals surface area contributed by atoms with Gasteiger partial charge in [-0.2, -0.15) is 5.10 Å². The van der Waals surface area contributed by atoms with Crippen molar-refractivity contribution >= 4 is 56.8 Å². The summed E-state index contributed by atoms with van der Waals surface area (Å²) < 4.78 is 12.3. The summed E-state index contributed by atoms with van der Waals surface area (Å²) in [5, 5.41) is 24.9. The molecule has 38 heavy (non-hydrogen) atoms. The van der Waals surface area contributed by atoms with Gasteiger partial charge in [0.1, 0.15) is 6.61 Å². The number of thiophene rings is 1. The molecule has 194 valence electrons. The Labute approximate surface area is 225 Å². The monoisotopic (exact) mass is 553 g/mol. The van der Waals surface area contributed by atoms with Crippen molar-refractivity contribution in [1.29, 1.82) is 0 Å². The SMILES string of the molecule is CCOc1cc(/C=N\NC(=O)c2cc3cc([N+](=O)[O-])ccc3s2)cc(Cl)c1OCc1ccc(C(=O)O)cc1. The molecule has 0 unspecified atom stereocenters.